The summed E-state index contributed by atoms with van der Waals surface area (Å²) in [7, 11) is 0. The van der Waals surface area contributed by atoms with Crippen molar-refractivity contribution in [3.8, 4) is 0 Å². The van der Waals surface area contributed by atoms with Crippen LogP contribution in [0.15, 0.2) is 29.6 Å². The Hall–Kier alpha value is -3.84. The third-order valence-corrected chi connectivity index (χ3v) is 11.9. The first-order valence-electron chi connectivity index (χ1n) is 18.2. The van der Waals surface area contributed by atoms with Gasteiger partial charge in [0.15, 0.2) is 5.69 Å². The summed E-state index contributed by atoms with van der Waals surface area (Å²) in [5.41, 5.74) is 0.748. The molecular weight excluding hydrogens is 673 g/mol. The summed E-state index contributed by atoms with van der Waals surface area (Å²) in [6.45, 7) is 2.17. The van der Waals surface area contributed by atoms with Crippen LogP contribution in [0.5, 0.6) is 0 Å². The first kappa shape index (κ1) is 35.6. The molecule has 4 saturated carbocycles. The highest BCUT2D eigenvalue weighted by Crippen LogP contribution is 2.51. The van der Waals surface area contributed by atoms with E-state index in [4.69, 9.17) is 4.84 Å². The standard InChI is InChI=1S/C37H44F5N5O4/c1-21(46-51-27-7-11-36(38,39)12-8-27)24-5-6-30-29(18-24)35(9-3-2-4-10-35)20-47(30)34-43-19-28(31(45-34)37(40,41)42)32(48)44-26-16-22-13-23(17-26)15-25(14-22)33(49)50/h5-6,18-19,22-23,25-27H,2-4,7-17,20H2,1H3,(H,44,48)(H,49,50)/b46-21+. The van der Waals surface area contributed by atoms with Crippen LogP contribution in [-0.2, 0) is 21.2 Å². The SMILES string of the molecule is C/C(=N\OC1CCC(F)(F)CC1)c1ccc2c(c1)C1(CCCCC1)CN2c1ncc(C(=O)NC2CC3CC(C2)CC(C(=O)O)C3)c(C(F)(F)F)n1. The highest BCUT2D eigenvalue weighted by Gasteiger charge is 2.46. The second kappa shape index (κ2) is 13.6. The molecule has 0 saturated heterocycles. The highest BCUT2D eigenvalue weighted by molar-refractivity contribution is 5.99. The lowest BCUT2D eigenvalue weighted by atomic mass is 9.66. The minimum Gasteiger partial charge on any atom is -0.481 e. The van der Waals surface area contributed by atoms with Crippen molar-refractivity contribution in [3.05, 3.63) is 46.8 Å². The number of hydrogen-bond donors (Lipinski definition) is 2. The molecule has 9 nitrogen and oxygen atoms in total. The van der Waals surface area contributed by atoms with Crippen molar-refractivity contribution in [3.63, 3.8) is 0 Å². The maximum absolute atomic E-state index is 14.6. The number of carboxylic acid groups (broad SMARTS) is 1. The molecule has 0 radical (unpaired) electrons. The summed E-state index contributed by atoms with van der Waals surface area (Å²) in [4.78, 5) is 40.7. The van der Waals surface area contributed by atoms with E-state index in [2.05, 4.69) is 20.4 Å². The number of carbonyl (C=O) groups excluding carboxylic acids is 1. The van der Waals surface area contributed by atoms with Gasteiger partial charge in [0.25, 0.3) is 5.91 Å². The van der Waals surface area contributed by atoms with Crippen LogP contribution in [0.1, 0.15) is 124 Å². The zero-order valence-corrected chi connectivity index (χ0v) is 28.7. The summed E-state index contributed by atoms with van der Waals surface area (Å²) < 4.78 is 70.9. The van der Waals surface area contributed by atoms with E-state index in [1.54, 1.807) is 11.8 Å². The summed E-state index contributed by atoms with van der Waals surface area (Å²) in [6.07, 6.45) is 3.27. The number of aromatic nitrogens is 2. The molecule has 2 N–H and O–H groups in total. The number of alkyl halides is 5. The van der Waals surface area contributed by atoms with Gasteiger partial charge in [-0.1, -0.05) is 30.5 Å². The Balaban J connectivity index is 1.13. The number of amides is 1. The fourth-order valence-electron chi connectivity index (χ4n) is 9.37. The van der Waals surface area contributed by atoms with Gasteiger partial charge >= 0.3 is 12.1 Å². The molecule has 2 atom stereocenters. The number of rotatable bonds is 7. The number of oxime groups is 1. The topological polar surface area (TPSA) is 117 Å². The van der Waals surface area contributed by atoms with E-state index in [-0.39, 0.29) is 61.0 Å². The van der Waals surface area contributed by atoms with Crippen LogP contribution >= 0.6 is 0 Å². The van der Waals surface area contributed by atoms with Crippen molar-refractivity contribution >= 4 is 29.2 Å². The van der Waals surface area contributed by atoms with E-state index in [0.717, 1.165) is 55.8 Å². The van der Waals surface area contributed by atoms with Crippen molar-refractivity contribution < 1.29 is 41.5 Å². The predicted molar refractivity (Wildman–Crippen MR) is 178 cm³/mol. The number of nitrogens with one attached hydrogen (secondary N) is 1. The number of fused-ring (bicyclic) bond motifs is 4. The lowest BCUT2D eigenvalue weighted by Gasteiger charge is -2.41. The minimum absolute atomic E-state index is 0.0998. The van der Waals surface area contributed by atoms with E-state index >= 15 is 0 Å². The molecular formula is C37H44F5N5O4. The fraction of sp³-hybridized carbons (Fsp3) is 0.649. The minimum atomic E-state index is -4.92. The molecule has 2 unspecified atom stereocenters. The van der Waals surface area contributed by atoms with Crippen LogP contribution in [-0.4, -0.2) is 57.3 Å². The third kappa shape index (κ3) is 7.42. The fourth-order valence-corrected chi connectivity index (χ4v) is 9.37. The first-order valence-corrected chi connectivity index (χ1v) is 18.2. The molecule has 1 amide bonds. The second-order valence-corrected chi connectivity index (χ2v) is 15.5. The van der Waals surface area contributed by atoms with Gasteiger partial charge < -0.3 is 20.2 Å². The molecule has 1 spiro atoms. The largest absolute Gasteiger partial charge is 0.481 e. The number of carbonyl (C=O) groups is 2. The average Bonchev–Trinajstić information content (AvgIpc) is 3.39. The van der Waals surface area contributed by atoms with Gasteiger partial charge in [0.05, 0.1) is 17.2 Å². The van der Waals surface area contributed by atoms with Crippen LogP contribution in [0, 0.1) is 17.8 Å². The van der Waals surface area contributed by atoms with Crippen LogP contribution in [0.3, 0.4) is 0 Å². The molecule has 7 rings (SSSR count). The zero-order chi connectivity index (χ0) is 36.1. The molecule has 4 fully saturated rings. The van der Waals surface area contributed by atoms with Crippen molar-refractivity contribution in [2.75, 3.05) is 11.4 Å². The third-order valence-electron chi connectivity index (χ3n) is 11.9. The smallest absolute Gasteiger partial charge is 0.434 e. The summed E-state index contributed by atoms with van der Waals surface area (Å²) in [5, 5.41) is 16.5. The molecule has 51 heavy (non-hydrogen) atoms. The van der Waals surface area contributed by atoms with Crippen molar-refractivity contribution in [2.45, 2.75) is 126 Å². The van der Waals surface area contributed by atoms with Gasteiger partial charge in [-0.3, -0.25) is 9.59 Å². The maximum Gasteiger partial charge on any atom is 0.434 e. The Morgan fingerprint density at radius 1 is 1.00 bits per heavy atom. The Bertz CT molecular complexity index is 1670. The van der Waals surface area contributed by atoms with Crippen molar-refractivity contribution in [1.82, 2.24) is 15.3 Å². The predicted octanol–water partition coefficient (Wildman–Crippen LogP) is 8.18. The number of nitrogens with zero attached hydrogens (tertiary/aromatic N) is 4. The zero-order valence-electron chi connectivity index (χ0n) is 28.7. The van der Waals surface area contributed by atoms with E-state index < -0.39 is 41.2 Å². The van der Waals surface area contributed by atoms with E-state index in [0.29, 0.717) is 43.6 Å². The van der Waals surface area contributed by atoms with Crippen molar-refractivity contribution in [1.29, 1.82) is 0 Å². The summed E-state index contributed by atoms with van der Waals surface area (Å²) in [6, 6.07) is 5.30. The van der Waals surface area contributed by atoms with Gasteiger partial charge in [-0.2, -0.15) is 13.2 Å². The molecule has 14 heteroatoms. The Kier molecular flexibility index (Phi) is 9.49. The Morgan fingerprint density at radius 3 is 2.33 bits per heavy atom. The monoisotopic (exact) mass is 717 g/mol. The molecule has 276 valence electrons. The number of anilines is 2. The van der Waals surface area contributed by atoms with Gasteiger partial charge in [0, 0.05) is 42.7 Å². The number of benzene rings is 1. The highest BCUT2D eigenvalue weighted by atomic mass is 19.4. The molecule has 1 aromatic heterocycles. The Labute approximate surface area is 293 Å². The molecule has 1 aliphatic heterocycles. The van der Waals surface area contributed by atoms with Crippen LogP contribution < -0.4 is 10.2 Å². The van der Waals surface area contributed by atoms with Crippen LogP contribution in [0.2, 0.25) is 0 Å². The first-order chi connectivity index (χ1) is 24.2. The van der Waals surface area contributed by atoms with Gasteiger partial charge in [-0.05, 0) is 99.8 Å². The number of halogens is 5. The lowest BCUT2D eigenvalue weighted by Crippen LogP contribution is -2.44. The number of aliphatic carboxylic acids is 1. The lowest BCUT2D eigenvalue weighted by molar-refractivity contribution is -0.144. The van der Waals surface area contributed by atoms with Crippen LogP contribution in [0.25, 0.3) is 0 Å². The quantitative estimate of drug-likeness (QED) is 0.169. The van der Waals surface area contributed by atoms with Crippen LogP contribution in [0.4, 0.5) is 33.6 Å². The number of carboxylic acids is 1. The molecule has 5 aliphatic rings. The molecule has 4 aliphatic carbocycles. The van der Waals surface area contributed by atoms with E-state index in [1.807, 2.05) is 18.2 Å². The van der Waals surface area contributed by atoms with Gasteiger partial charge in [-0.25, -0.2) is 18.7 Å². The van der Waals surface area contributed by atoms with Gasteiger partial charge in [0.2, 0.25) is 11.9 Å². The maximum atomic E-state index is 14.6. The molecule has 1 aromatic carbocycles. The normalized spacial score (nSPS) is 27.6. The van der Waals surface area contributed by atoms with E-state index in [9.17, 15) is 36.6 Å². The number of hydrogen-bond acceptors (Lipinski definition) is 7. The Morgan fingerprint density at radius 2 is 1.69 bits per heavy atom. The molecule has 2 bridgehead atoms. The average molecular weight is 718 g/mol. The molecule has 2 heterocycles. The summed E-state index contributed by atoms with van der Waals surface area (Å²) >= 11 is 0. The second-order valence-electron chi connectivity index (χ2n) is 15.5. The van der Waals surface area contributed by atoms with Gasteiger partial charge in [0.1, 0.15) is 6.10 Å². The summed E-state index contributed by atoms with van der Waals surface area (Å²) in [5.74, 6) is -4.73. The molecule has 2 aromatic rings. The van der Waals surface area contributed by atoms with Gasteiger partial charge in [-0.15, -0.1) is 0 Å². The van der Waals surface area contributed by atoms with E-state index in [1.165, 1.54) is 0 Å². The van der Waals surface area contributed by atoms with Crippen molar-refractivity contribution in [2.24, 2.45) is 22.9 Å².